The second kappa shape index (κ2) is 4.71. The van der Waals surface area contributed by atoms with Crippen molar-refractivity contribution in [2.75, 3.05) is 11.4 Å². The molecule has 0 aromatic carbocycles. The molecule has 0 spiro atoms. The summed E-state index contributed by atoms with van der Waals surface area (Å²) < 4.78 is 0. The van der Waals surface area contributed by atoms with E-state index in [1.165, 1.54) is 12.8 Å². The van der Waals surface area contributed by atoms with Gasteiger partial charge in [-0.05, 0) is 25.7 Å². The first kappa shape index (κ1) is 11.2. The molecule has 2 heterocycles. The van der Waals surface area contributed by atoms with Gasteiger partial charge >= 0.3 is 0 Å². The highest BCUT2D eigenvalue weighted by Crippen LogP contribution is 2.30. The Labute approximate surface area is 100 Å². The van der Waals surface area contributed by atoms with Crippen LogP contribution in [0.1, 0.15) is 32.4 Å². The number of anilines is 1. The molecule has 15 heavy (non-hydrogen) atoms. The van der Waals surface area contributed by atoms with Crippen LogP contribution in [0.3, 0.4) is 0 Å². The topological polar surface area (TPSA) is 16.1 Å². The Kier molecular flexibility index (Phi) is 3.52. The summed E-state index contributed by atoms with van der Waals surface area (Å²) in [6, 6.07) is 0.621. The third-order valence-electron chi connectivity index (χ3n) is 3.04. The summed E-state index contributed by atoms with van der Waals surface area (Å²) in [5, 5.41) is 3.21. The zero-order chi connectivity index (χ0) is 10.8. The van der Waals surface area contributed by atoms with E-state index in [4.69, 9.17) is 11.6 Å². The Hall–Kier alpha value is -0.280. The van der Waals surface area contributed by atoms with Gasteiger partial charge in [0.15, 0.2) is 5.13 Å². The molecular formula is C11H17ClN2S. The van der Waals surface area contributed by atoms with E-state index in [-0.39, 0.29) is 0 Å². The van der Waals surface area contributed by atoms with Gasteiger partial charge in [-0.2, -0.15) is 0 Å². The molecule has 4 heteroatoms. The van der Waals surface area contributed by atoms with Crippen molar-refractivity contribution in [1.29, 1.82) is 0 Å². The van der Waals surface area contributed by atoms with E-state index in [1.807, 2.05) is 0 Å². The number of nitrogens with zero attached hydrogens (tertiary/aromatic N) is 2. The minimum absolute atomic E-state index is 0.522. The van der Waals surface area contributed by atoms with Crippen LogP contribution >= 0.6 is 22.9 Å². The van der Waals surface area contributed by atoms with Crippen molar-refractivity contribution in [3.63, 3.8) is 0 Å². The van der Waals surface area contributed by atoms with Gasteiger partial charge in [0.25, 0.3) is 0 Å². The molecule has 0 amide bonds. The molecule has 1 aromatic heterocycles. The van der Waals surface area contributed by atoms with Crippen molar-refractivity contribution < 1.29 is 0 Å². The summed E-state index contributed by atoms with van der Waals surface area (Å²) in [7, 11) is 0. The fraction of sp³-hybridized carbons (Fsp3) is 0.727. The van der Waals surface area contributed by atoms with Crippen LogP contribution < -0.4 is 4.90 Å². The van der Waals surface area contributed by atoms with Crippen molar-refractivity contribution in [1.82, 2.24) is 4.98 Å². The molecule has 0 radical (unpaired) electrons. The quantitative estimate of drug-likeness (QED) is 0.741. The summed E-state index contributed by atoms with van der Waals surface area (Å²) in [6.45, 7) is 5.74. The van der Waals surface area contributed by atoms with Gasteiger partial charge in [0.1, 0.15) is 0 Å². The number of rotatable bonds is 2. The van der Waals surface area contributed by atoms with Gasteiger partial charge in [0.05, 0.1) is 11.6 Å². The average Bonchev–Trinajstić information content (AvgIpc) is 2.70. The number of aromatic nitrogens is 1. The summed E-state index contributed by atoms with van der Waals surface area (Å²) in [6.07, 6.45) is 2.61. The number of halogens is 1. The maximum Gasteiger partial charge on any atom is 0.185 e. The van der Waals surface area contributed by atoms with E-state index in [0.29, 0.717) is 11.9 Å². The first-order valence-electron chi connectivity index (χ1n) is 5.47. The molecule has 0 bridgehead atoms. The first-order chi connectivity index (χ1) is 7.20. The van der Waals surface area contributed by atoms with Gasteiger partial charge in [0.2, 0.25) is 0 Å². The molecule has 1 aliphatic rings. The molecule has 0 N–H and O–H groups in total. The summed E-state index contributed by atoms with van der Waals surface area (Å²) in [5.74, 6) is 1.30. The maximum atomic E-state index is 5.77. The van der Waals surface area contributed by atoms with Crippen LogP contribution in [0.2, 0.25) is 0 Å². The van der Waals surface area contributed by atoms with E-state index >= 15 is 0 Å². The number of hydrogen-bond donors (Lipinski definition) is 0. The lowest BCUT2D eigenvalue weighted by Gasteiger charge is -2.36. The first-order valence-corrected chi connectivity index (χ1v) is 6.89. The van der Waals surface area contributed by atoms with Crippen LogP contribution in [0, 0.1) is 5.92 Å². The highest BCUT2D eigenvalue weighted by atomic mass is 35.5. The van der Waals surface area contributed by atoms with Crippen LogP contribution in [0.4, 0.5) is 5.13 Å². The number of alkyl halides is 1. The molecule has 0 aliphatic carbocycles. The Morgan fingerprint density at radius 3 is 3.00 bits per heavy atom. The number of hydrogen-bond acceptors (Lipinski definition) is 3. The van der Waals surface area contributed by atoms with Gasteiger partial charge in [-0.1, -0.05) is 6.92 Å². The molecule has 2 atom stereocenters. The lowest BCUT2D eigenvalue weighted by molar-refractivity contribution is 0.390. The standard InChI is InChI=1S/C11H17ClN2S/c1-8-3-4-9(2)14(6-8)11-13-10(5-12)7-15-11/h7-9H,3-6H2,1-2H3. The number of piperidine rings is 1. The van der Waals surface area contributed by atoms with E-state index < -0.39 is 0 Å². The van der Waals surface area contributed by atoms with E-state index in [9.17, 15) is 0 Å². The molecule has 1 fully saturated rings. The average molecular weight is 245 g/mol. The highest BCUT2D eigenvalue weighted by molar-refractivity contribution is 7.13. The summed E-state index contributed by atoms with van der Waals surface area (Å²) >= 11 is 7.49. The van der Waals surface area contributed by atoms with E-state index in [1.54, 1.807) is 11.3 Å². The predicted molar refractivity (Wildman–Crippen MR) is 66.9 cm³/mol. The Bertz CT molecular complexity index is 326. The zero-order valence-corrected chi connectivity index (χ0v) is 10.8. The molecule has 1 saturated heterocycles. The van der Waals surface area contributed by atoms with Crippen molar-refractivity contribution in [3.05, 3.63) is 11.1 Å². The zero-order valence-electron chi connectivity index (χ0n) is 9.24. The van der Waals surface area contributed by atoms with Gasteiger partial charge in [-0.25, -0.2) is 4.98 Å². The van der Waals surface area contributed by atoms with Crippen LogP contribution in [0.15, 0.2) is 5.38 Å². The second-order valence-corrected chi connectivity index (χ2v) is 5.54. The Morgan fingerprint density at radius 1 is 1.53 bits per heavy atom. The molecule has 1 aromatic rings. The largest absolute Gasteiger partial charge is 0.345 e. The fourth-order valence-corrected chi connectivity index (χ4v) is 3.21. The van der Waals surface area contributed by atoms with Crippen LogP contribution in [0.5, 0.6) is 0 Å². The minimum Gasteiger partial charge on any atom is -0.345 e. The van der Waals surface area contributed by atoms with E-state index in [0.717, 1.165) is 23.3 Å². The minimum atomic E-state index is 0.522. The smallest absolute Gasteiger partial charge is 0.185 e. The van der Waals surface area contributed by atoms with Crippen molar-refractivity contribution >= 4 is 28.1 Å². The second-order valence-electron chi connectivity index (χ2n) is 4.44. The number of thiazole rings is 1. The van der Waals surface area contributed by atoms with Crippen molar-refractivity contribution in [3.8, 4) is 0 Å². The van der Waals surface area contributed by atoms with Gasteiger partial charge in [0, 0.05) is 18.0 Å². The Morgan fingerprint density at radius 2 is 2.33 bits per heavy atom. The molecular weight excluding hydrogens is 228 g/mol. The van der Waals surface area contributed by atoms with Gasteiger partial charge in [-0.15, -0.1) is 22.9 Å². The monoisotopic (exact) mass is 244 g/mol. The lowest BCUT2D eigenvalue weighted by atomic mass is 9.96. The third kappa shape index (κ3) is 2.45. The van der Waals surface area contributed by atoms with Crippen LogP contribution in [0.25, 0.3) is 0 Å². The third-order valence-corrected chi connectivity index (χ3v) is 4.24. The van der Waals surface area contributed by atoms with Gasteiger partial charge < -0.3 is 4.90 Å². The fourth-order valence-electron chi connectivity index (χ4n) is 2.04. The molecule has 1 aliphatic heterocycles. The van der Waals surface area contributed by atoms with Crippen LogP contribution in [-0.4, -0.2) is 17.6 Å². The SMILES string of the molecule is CC1CCC(C)N(c2nc(CCl)cs2)C1. The lowest BCUT2D eigenvalue weighted by Crippen LogP contribution is -2.41. The molecule has 2 unspecified atom stereocenters. The maximum absolute atomic E-state index is 5.77. The van der Waals surface area contributed by atoms with E-state index in [2.05, 4.69) is 29.1 Å². The van der Waals surface area contributed by atoms with Crippen molar-refractivity contribution in [2.45, 2.75) is 38.6 Å². The molecule has 2 rings (SSSR count). The molecule has 0 saturated carbocycles. The van der Waals surface area contributed by atoms with Crippen LogP contribution in [-0.2, 0) is 5.88 Å². The van der Waals surface area contributed by atoms with Gasteiger partial charge in [-0.3, -0.25) is 0 Å². The Balaban J connectivity index is 2.13. The predicted octanol–water partition coefficient (Wildman–Crippen LogP) is 3.51. The molecule has 2 nitrogen and oxygen atoms in total. The normalized spacial score (nSPS) is 27.0. The molecule has 84 valence electrons. The summed E-state index contributed by atoms with van der Waals surface area (Å²) in [5.41, 5.74) is 1.00. The van der Waals surface area contributed by atoms with Crippen molar-refractivity contribution in [2.24, 2.45) is 5.92 Å². The highest BCUT2D eigenvalue weighted by Gasteiger charge is 2.24. The summed E-state index contributed by atoms with van der Waals surface area (Å²) in [4.78, 5) is 6.98.